The van der Waals surface area contributed by atoms with Gasteiger partial charge in [-0.15, -0.1) is 0 Å². The van der Waals surface area contributed by atoms with Crippen LogP contribution < -0.4 is 0 Å². The number of rotatable bonds is 2. The number of carbonyl (C=O) groups excluding carboxylic acids is 1. The van der Waals surface area contributed by atoms with Crippen molar-refractivity contribution in [1.82, 2.24) is 0 Å². The summed E-state index contributed by atoms with van der Waals surface area (Å²) in [7, 11) is 0. The summed E-state index contributed by atoms with van der Waals surface area (Å²) in [5.41, 5.74) is -1.19. The smallest absolute Gasteiger partial charge is 0.420 e. The van der Waals surface area contributed by atoms with Crippen LogP contribution in [0.1, 0.15) is 11.1 Å². The highest BCUT2D eigenvalue weighted by molar-refractivity contribution is 6.32. The van der Waals surface area contributed by atoms with E-state index in [-0.39, 0.29) is 12.1 Å². The first-order valence-electron chi connectivity index (χ1n) is 3.98. The Bertz CT molecular complexity index is 453. The molecule has 1 rings (SSSR count). The number of benzene rings is 1. The number of alkyl halides is 3. The van der Waals surface area contributed by atoms with E-state index in [0.717, 1.165) is 6.07 Å². The second-order valence-corrected chi connectivity index (χ2v) is 3.29. The molecule has 86 valence electrons. The van der Waals surface area contributed by atoms with Gasteiger partial charge < -0.3 is 5.11 Å². The molecule has 0 bridgehead atoms. The zero-order valence-corrected chi connectivity index (χ0v) is 8.43. The summed E-state index contributed by atoms with van der Waals surface area (Å²) in [5, 5.41) is 8.68. The number of phenolic OH excluding ortho intramolecular Hbond substituents is 1. The van der Waals surface area contributed by atoms with Crippen LogP contribution in [0.5, 0.6) is 5.75 Å². The normalized spacial score (nSPS) is 11.0. The van der Waals surface area contributed by atoms with Gasteiger partial charge in [0.1, 0.15) is 5.75 Å². The lowest BCUT2D eigenvalue weighted by Gasteiger charge is -2.11. The molecule has 0 aromatic heterocycles. The summed E-state index contributed by atoms with van der Waals surface area (Å²) in [6.45, 7) is -0.271. The van der Waals surface area contributed by atoms with Crippen molar-refractivity contribution in [3.63, 3.8) is 0 Å². The van der Waals surface area contributed by atoms with Crippen LogP contribution in [0, 0.1) is 0 Å². The number of hydrogen-bond donors (Lipinski definition) is 1. The molecule has 0 amide bonds. The van der Waals surface area contributed by atoms with Crippen LogP contribution in [-0.2, 0) is 17.5 Å². The average molecular weight is 252 g/mol. The van der Waals surface area contributed by atoms with Gasteiger partial charge in [-0.2, -0.15) is 13.2 Å². The summed E-state index contributed by atoms with van der Waals surface area (Å²) in [6.07, 6.45) is -3.52. The molecule has 0 heterocycles. The predicted molar refractivity (Wildman–Crippen MR) is 49.9 cm³/mol. The summed E-state index contributed by atoms with van der Waals surface area (Å²) >= 11 is 5.41. The highest BCUT2D eigenvalue weighted by Crippen LogP contribution is 2.40. The van der Waals surface area contributed by atoms with Gasteiger partial charge in [0.2, 0.25) is 6.08 Å². The quantitative estimate of drug-likeness (QED) is 0.649. The lowest BCUT2D eigenvalue weighted by molar-refractivity contribution is -0.138. The first-order valence-corrected chi connectivity index (χ1v) is 4.36. The Morgan fingerprint density at radius 2 is 2.06 bits per heavy atom. The number of phenols is 1. The van der Waals surface area contributed by atoms with Crippen molar-refractivity contribution in [2.24, 2.45) is 4.99 Å². The van der Waals surface area contributed by atoms with Crippen molar-refractivity contribution in [3.8, 4) is 5.75 Å². The summed E-state index contributed by atoms with van der Waals surface area (Å²) < 4.78 is 37.2. The van der Waals surface area contributed by atoms with Crippen molar-refractivity contribution in [2.75, 3.05) is 0 Å². The van der Waals surface area contributed by atoms with Crippen LogP contribution in [0.2, 0.25) is 5.02 Å². The second kappa shape index (κ2) is 4.55. The zero-order chi connectivity index (χ0) is 12.3. The number of aliphatic imine (C=N–C) groups is 1. The van der Waals surface area contributed by atoms with E-state index >= 15 is 0 Å². The van der Waals surface area contributed by atoms with Crippen molar-refractivity contribution >= 4 is 17.7 Å². The number of isocyanates is 1. The average Bonchev–Trinajstić information content (AvgIpc) is 2.17. The second-order valence-electron chi connectivity index (χ2n) is 2.88. The summed E-state index contributed by atoms with van der Waals surface area (Å²) in [4.78, 5) is 12.9. The van der Waals surface area contributed by atoms with Gasteiger partial charge in [0, 0.05) is 0 Å². The number of halogens is 4. The molecule has 1 aromatic carbocycles. The number of nitrogens with zero attached hydrogens (tertiary/aromatic N) is 1. The van der Waals surface area contributed by atoms with Gasteiger partial charge >= 0.3 is 6.18 Å². The fourth-order valence-corrected chi connectivity index (χ4v) is 1.33. The maximum Gasteiger partial charge on any atom is 0.420 e. The Morgan fingerprint density at radius 3 is 2.56 bits per heavy atom. The minimum Gasteiger partial charge on any atom is -0.506 e. The minimum atomic E-state index is -4.71. The van der Waals surface area contributed by atoms with E-state index in [4.69, 9.17) is 16.7 Å². The maximum atomic E-state index is 12.4. The zero-order valence-electron chi connectivity index (χ0n) is 7.68. The summed E-state index contributed by atoms with van der Waals surface area (Å²) in [5.74, 6) is -1.03. The minimum absolute atomic E-state index is 0.0680. The molecule has 0 saturated carbocycles. The van der Waals surface area contributed by atoms with Crippen LogP contribution in [0.3, 0.4) is 0 Å². The van der Waals surface area contributed by atoms with Gasteiger partial charge in [-0.25, -0.2) is 9.79 Å². The molecular weight excluding hydrogens is 247 g/mol. The monoisotopic (exact) mass is 251 g/mol. The van der Waals surface area contributed by atoms with Gasteiger partial charge in [0.25, 0.3) is 0 Å². The Kier molecular flexibility index (Phi) is 3.57. The van der Waals surface area contributed by atoms with Crippen LogP contribution >= 0.6 is 11.6 Å². The highest BCUT2D eigenvalue weighted by atomic mass is 35.5. The first kappa shape index (κ1) is 12.5. The molecular formula is C9H5ClF3NO2. The molecule has 1 aromatic rings. The van der Waals surface area contributed by atoms with Crippen LogP contribution in [0.15, 0.2) is 17.1 Å². The van der Waals surface area contributed by atoms with E-state index < -0.39 is 22.5 Å². The molecule has 0 spiro atoms. The lowest BCUT2D eigenvalue weighted by Crippen LogP contribution is -2.06. The SMILES string of the molecule is O=C=NCc1cc(Cl)c(O)c(C(F)(F)F)c1. The highest BCUT2D eigenvalue weighted by Gasteiger charge is 2.35. The van der Waals surface area contributed by atoms with Crippen LogP contribution in [0.25, 0.3) is 0 Å². The van der Waals surface area contributed by atoms with E-state index in [0.29, 0.717) is 6.07 Å². The third-order valence-corrected chi connectivity index (χ3v) is 2.04. The largest absolute Gasteiger partial charge is 0.506 e. The van der Waals surface area contributed by atoms with E-state index in [1.54, 1.807) is 0 Å². The fraction of sp³-hybridized carbons (Fsp3) is 0.222. The van der Waals surface area contributed by atoms with E-state index in [1.165, 1.54) is 6.08 Å². The molecule has 0 unspecified atom stereocenters. The maximum absolute atomic E-state index is 12.4. The predicted octanol–water partition coefficient (Wildman–Crippen LogP) is 2.90. The Hall–Kier alpha value is -1.52. The van der Waals surface area contributed by atoms with Crippen LogP contribution in [-0.4, -0.2) is 11.2 Å². The van der Waals surface area contributed by atoms with Crippen LogP contribution in [0.4, 0.5) is 13.2 Å². The molecule has 0 aliphatic rings. The number of aromatic hydroxyl groups is 1. The molecule has 0 saturated heterocycles. The van der Waals surface area contributed by atoms with E-state index in [1.807, 2.05) is 0 Å². The van der Waals surface area contributed by atoms with Gasteiger partial charge in [0.05, 0.1) is 17.1 Å². The molecule has 3 nitrogen and oxygen atoms in total. The van der Waals surface area contributed by atoms with Gasteiger partial charge in [-0.05, 0) is 17.7 Å². The van der Waals surface area contributed by atoms with Gasteiger partial charge in [-0.1, -0.05) is 11.6 Å². The van der Waals surface area contributed by atoms with Gasteiger partial charge in [-0.3, -0.25) is 0 Å². The van der Waals surface area contributed by atoms with Gasteiger partial charge in [0.15, 0.2) is 0 Å². The van der Waals surface area contributed by atoms with Crippen molar-refractivity contribution in [1.29, 1.82) is 0 Å². The standard InChI is InChI=1S/C9H5ClF3NO2/c10-7-2-5(3-14-4-15)1-6(8(7)16)9(11,12)13/h1-2,16H,3H2. The third-order valence-electron chi connectivity index (χ3n) is 1.75. The molecule has 16 heavy (non-hydrogen) atoms. The third kappa shape index (κ3) is 2.74. The Labute approximate surface area is 93.2 Å². The molecule has 0 aliphatic carbocycles. The Balaban J connectivity index is 3.27. The first-order chi connectivity index (χ1) is 7.36. The van der Waals surface area contributed by atoms with E-state index in [2.05, 4.69) is 4.99 Å². The lowest BCUT2D eigenvalue weighted by atomic mass is 10.1. The molecule has 1 N–H and O–H groups in total. The van der Waals surface area contributed by atoms with E-state index in [9.17, 15) is 18.0 Å². The molecule has 7 heteroatoms. The molecule has 0 radical (unpaired) electrons. The topological polar surface area (TPSA) is 49.7 Å². The Morgan fingerprint density at radius 1 is 1.44 bits per heavy atom. The molecule has 0 aliphatic heterocycles. The molecule has 0 fully saturated rings. The summed E-state index contributed by atoms with van der Waals surface area (Å²) in [6, 6.07) is 1.79. The van der Waals surface area contributed by atoms with Crippen molar-refractivity contribution in [2.45, 2.75) is 12.7 Å². The number of hydrogen-bond acceptors (Lipinski definition) is 3. The van der Waals surface area contributed by atoms with Crippen molar-refractivity contribution in [3.05, 3.63) is 28.3 Å². The fourth-order valence-electron chi connectivity index (χ4n) is 1.09. The van der Waals surface area contributed by atoms with Crippen molar-refractivity contribution < 1.29 is 23.1 Å². The molecule has 0 atom stereocenters.